The quantitative estimate of drug-likeness (QED) is 0.125. The van der Waals surface area contributed by atoms with Gasteiger partial charge in [-0.25, -0.2) is 9.97 Å². The van der Waals surface area contributed by atoms with Crippen LogP contribution in [0, 0.1) is 0 Å². The fourth-order valence-electron chi connectivity index (χ4n) is 5.38. The molecule has 2 aliphatic rings. The van der Waals surface area contributed by atoms with Gasteiger partial charge in [-0.3, -0.25) is 19.6 Å². The van der Waals surface area contributed by atoms with E-state index in [9.17, 15) is 24.7 Å². The number of ether oxygens (including phenoxy) is 5. The topological polar surface area (TPSA) is 211 Å². The van der Waals surface area contributed by atoms with Crippen molar-refractivity contribution in [1.82, 2.24) is 19.9 Å². The molecular formula is C33H37B2N4NaO12. The van der Waals surface area contributed by atoms with Crippen molar-refractivity contribution in [1.29, 1.82) is 0 Å². The maximum atomic E-state index is 11.9. The van der Waals surface area contributed by atoms with Gasteiger partial charge in [0.15, 0.2) is 0 Å². The van der Waals surface area contributed by atoms with Crippen LogP contribution in [-0.2, 0) is 28.4 Å². The molecule has 6 rings (SSSR count). The number of aromatic nitrogens is 4. The number of esters is 2. The van der Waals surface area contributed by atoms with Crippen molar-refractivity contribution >= 4 is 37.1 Å². The van der Waals surface area contributed by atoms with Gasteiger partial charge in [0.05, 0.1) is 56.8 Å². The van der Waals surface area contributed by atoms with Crippen LogP contribution in [0.15, 0.2) is 61.4 Å². The van der Waals surface area contributed by atoms with Crippen LogP contribution >= 0.6 is 0 Å². The molecule has 0 saturated heterocycles. The maximum absolute atomic E-state index is 11.9. The monoisotopic (exact) mass is 726 g/mol. The van der Waals surface area contributed by atoms with Gasteiger partial charge in [0, 0.05) is 48.0 Å². The van der Waals surface area contributed by atoms with Crippen LogP contribution in [-0.4, -0.2) is 80.6 Å². The molecule has 2 atom stereocenters. The summed E-state index contributed by atoms with van der Waals surface area (Å²) in [5.41, 5.74) is 1.79. The molecule has 2 aromatic heterocycles. The van der Waals surface area contributed by atoms with E-state index < -0.39 is 38.4 Å². The van der Waals surface area contributed by atoms with Crippen LogP contribution in [0.5, 0.6) is 34.8 Å². The van der Waals surface area contributed by atoms with Gasteiger partial charge in [-0.1, -0.05) is 0 Å². The summed E-state index contributed by atoms with van der Waals surface area (Å²) in [7, 11) is -2.46. The Kier molecular flexibility index (Phi) is 14.8. The molecule has 0 saturated carbocycles. The molecule has 16 nitrogen and oxygen atoms in total. The van der Waals surface area contributed by atoms with Crippen LogP contribution in [0.25, 0.3) is 0 Å². The minimum atomic E-state index is -1.27. The molecule has 2 unspecified atom stereocenters. The summed E-state index contributed by atoms with van der Waals surface area (Å²) in [6, 6.07) is 6.23. The van der Waals surface area contributed by atoms with E-state index in [4.69, 9.17) is 33.0 Å². The van der Waals surface area contributed by atoms with Gasteiger partial charge >= 0.3 is 55.7 Å². The first kappa shape index (κ1) is 40.5. The molecule has 4 aromatic rings. The van der Waals surface area contributed by atoms with E-state index in [1.54, 1.807) is 32.2 Å². The molecule has 4 heterocycles. The average molecular weight is 726 g/mol. The first-order valence-corrected chi connectivity index (χ1v) is 16.1. The smallest absolute Gasteiger partial charge is 1.00 e. The Morgan fingerprint density at radius 1 is 0.788 bits per heavy atom. The molecule has 0 fully saturated rings. The van der Waals surface area contributed by atoms with E-state index in [-0.39, 0.29) is 80.5 Å². The molecule has 3 N–H and O–H groups in total. The molecule has 0 amide bonds. The molecule has 2 aliphatic heterocycles. The van der Waals surface area contributed by atoms with Gasteiger partial charge in [-0.05, 0) is 50.8 Å². The summed E-state index contributed by atoms with van der Waals surface area (Å²) in [4.78, 5) is 39.4. The molecular weight excluding hydrogens is 689 g/mol. The fourth-order valence-corrected chi connectivity index (χ4v) is 5.38. The number of fused-ring (bicyclic) bond motifs is 2. The molecule has 52 heavy (non-hydrogen) atoms. The number of hydrogen-bond acceptors (Lipinski definition) is 16. The average Bonchev–Trinajstić information content (AvgIpc) is 3.57. The molecule has 0 bridgehead atoms. The van der Waals surface area contributed by atoms with Gasteiger partial charge in [0.1, 0.15) is 23.0 Å². The number of rotatable bonds is 12. The number of phenolic OH excluding ortho intramolecular Hbond substituents is 1. The van der Waals surface area contributed by atoms with Crippen molar-refractivity contribution in [2.24, 2.45) is 0 Å². The van der Waals surface area contributed by atoms with Gasteiger partial charge in [-0.2, -0.15) is 0 Å². The van der Waals surface area contributed by atoms with E-state index >= 15 is 0 Å². The zero-order valence-electron chi connectivity index (χ0n) is 30.3. The number of nitrogens with zero attached hydrogens (tertiary/aromatic N) is 4. The van der Waals surface area contributed by atoms with E-state index in [1.807, 2.05) is 13.8 Å². The summed E-state index contributed by atoms with van der Waals surface area (Å²) in [5.74, 6) is 0.706. The Bertz CT molecular complexity index is 1820. The number of hydrogen-bond donors (Lipinski definition) is 3. The van der Waals surface area contributed by atoms with E-state index in [1.165, 1.54) is 43.1 Å². The maximum Gasteiger partial charge on any atom is 1.00 e. The Labute approximate surface area is 323 Å². The van der Waals surface area contributed by atoms with Crippen molar-refractivity contribution in [2.45, 2.75) is 58.8 Å². The summed E-state index contributed by atoms with van der Waals surface area (Å²) in [5, 5.41) is 30.6. The Morgan fingerprint density at radius 3 is 1.73 bits per heavy atom. The standard InChI is InChI=1S/C18H21BN2O6.C15H15BN2O6.Na.H/c1-4-24-17(22)9-15-18-13(19(23)27-15)7-12(8-14(18)25-11(2)3)26-16-10-20-5-6-21-16;1-2-22-14(20)7-12-15-10(16(21)24-12)5-9(6-11(15)19)23-13-8-17-3-4-18-13;;/h5-8,10-11,15,23H,4,9H2,1-3H3;3-6,8,12,19,21H,2,7H2,1H3;;/q;;+1;-1. The van der Waals surface area contributed by atoms with Crippen molar-refractivity contribution in [3.05, 3.63) is 72.6 Å². The number of carbonyl (C=O) groups excluding carboxylic acids is 2. The minimum absolute atomic E-state index is 0. The largest absolute Gasteiger partial charge is 1.00 e. The predicted octanol–water partition coefficient (Wildman–Crippen LogP) is -0.429. The normalized spacial score (nSPS) is 15.4. The SMILES string of the molecule is CCOC(=O)CC1OB(O)c2cc(Oc3cnccn3)cc(O)c21.CCOC(=O)CC1OB(O)c2cc(Oc3cnccn3)cc(OC(C)C)c21.[H-].[Na+]. The summed E-state index contributed by atoms with van der Waals surface area (Å²) in [6.07, 6.45) is 7.25. The third-order valence-corrected chi connectivity index (χ3v) is 7.27. The van der Waals surface area contributed by atoms with Crippen LogP contribution in [0.2, 0.25) is 0 Å². The van der Waals surface area contributed by atoms with Crippen molar-refractivity contribution in [3.63, 3.8) is 0 Å². The van der Waals surface area contributed by atoms with Crippen molar-refractivity contribution in [2.75, 3.05) is 13.2 Å². The molecule has 268 valence electrons. The van der Waals surface area contributed by atoms with Crippen LogP contribution in [0.1, 0.15) is 65.3 Å². The number of phenols is 1. The van der Waals surface area contributed by atoms with E-state index in [0.717, 1.165) is 0 Å². The van der Waals surface area contributed by atoms with Crippen LogP contribution in [0.4, 0.5) is 0 Å². The molecule has 0 radical (unpaired) electrons. The zero-order chi connectivity index (χ0) is 36.5. The van der Waals surface area contributed by atoms with Crippen LogP contribution < -0.4 is 54.7 Å². The first-order chi connectivity index (χ1) is 24.6. The van der Waals surface area contributed by atoms with Gasteiger partial charge in [-0.15, -0.1) is 0 Å². The van der Waals surface area contributed by atoms with Gasteiger partial charge in [0.2, 0.25) is 11.8 Å². The second kappa shape index (κ2) is 19.0. The van der Waals surface area contributed by atoms with Crippen molar-refractivity contribution < 1.29 is 88.7 Å². The first-order valence-electron chi connectivity index (χ1n) is 16.1. The minimum Gasteiger partial charge on any atom is -1.00 e. The number of aromatic hydroxyl groups is 1. The second-order valence-electron chi connectivity index (χ2n) is 11.3. The number of benzene rings is 2. The van der Waals surface area contributed by atoms with Crippen molar-refractivity contribution in [3.8, 4) is 34.8 Å². The Balaban J connectivity index is 0.000000277. The molecule has 0 aliphatic carbocycles. The Morgan fingerprint density at radius 2 is 1.27 bits per heavy atom. The fraction of sp³-hybridized carbons (Fsp3) is 0.333. The molecule has 19 heteroatoms. The van der Waals surface area contributed by atoms with E-state index in [2.05, 4.69) is 19.9 Å². The van der Waals surface area contributed by atoms with Gasteiger partial charge < -0.3 is 49.6 Å². The van der Waals surface area contributed by atoms with Gasteiger partial charge in [0.25, 0.3) is 0 Å². The molecule has 0 spiro atoms. The zero-order valence-corrected chi connectivity index (χ0v) is 31.3. The Hall–Kier alpha value is -4.29. The molecule has 2 aromatic carbocycles. The summed E-state index contributed by atoms with van der Waals surface area (Å²) in [6.45, 7) is 7.73. The predicted molar refractivity (Wildman–Crippen MR) is 181 cm³/mol. The number of carbonyl (C=O) groups is 2. The summed E-state index contributed by atoms with van der Waals surface area (Å²) >= 11 is 0. The third kappa shape index (κ3) is 10.4. The summed E-state index contributed by atoms with van der Waals surface area (Å²) < 4.78 is 37.9. The van der Waals surface area contributed by atoms with E-state index in [0.29, 0.717) is 39.4 Å². The van der Waals surface area contributed by atoms with Crippen LogP contribution in [0.3, 0.4) is 0 Å². The second-order valence-corrected chi connectivity index (χ2v) is 11.3. The third-order valence-electron chi connectivity index (χ3n) is 7.27.